The van der Waals surface area contributed by atoms with E-state index in [-0.39, 0.29) is 5.91 Å². The molecule has 0 spiro atoms. The van der Waals surface area contributed by atoms with Gasteiger partial charge in [0.1, 0.15) is 0 Å². The average Bonchev–Trinajstić information content (AvgIpc) is 2.54. The topological polar surface area (TPSA) is 32.3 Å². The van der Waals surface area contributed by atoms with Crippen molar-refractivity contribution in [2.24, 2.45) is 5.92 Å². The highest BCUT2D eigenvalue weighted by molar-refractivity contribution is 5.75. The van der Waals surface area contributed by atoms with Gasteiger partial charge >= 0.3 is 0 Å². The molecule has 0 radical (unpaired) electrons. The number of carbonyl (C=O) groups excluding carboxylic acids is 1. The first-order valence-corrected chi connectivity index (χ1v) is 8.21. The summed E-state index contributed by atoms with van der Waals surface area (Å²) >= 11 is 0. The molecule has 1 saturated heterocycles. The Kier molecular flexibility index (Phi) is 6.24. The first-order valence-electron chi connectivity index (χ1n) is 8.21. The summed E-state index contributed by atoms with van der Waals surface area (Å²) in [7, 11) is 1.91. The summed E-state index contributed by atoms with van der Waals surface area (Å²) in [5.74, 6) is 0.945. The van der Waals surface area contributed by atoms with Crippen LogP contribution in [0.15, 0.2) is 24.3 Å². The predicted octanol–water partition coefficient (Wildman–Crippen LogP) is 2.99. The van der Waals surface area contributed by atoms with Gasteiger partial charge in [0, 0.05) is 20.0 Å². The zero-order chi connectivity index (χ0) is 15.1. The van der Waals surface area contributed by atoms with E-state index in [4.69, 9.17) is 0 Å². The lowest BCUT2D eigenvalue weighted by Gasteiger charge is -2.24. The van der Waals surface area contributed by atoms with Crippen molar-refractivity contribution in [1.82, 2.24) is 10.2 Å². The molecule has 0 saturated carbocycles. The van der Waals surface area contributed by atoms with Gasteiger partial charge in [0.05, 0.1) is 0 Å². The van der Waals surface area contributed by atoms with Crippen LogP contribution in [0.1, 0.15) is 43.7 Å². The van der Waals surface area contributed by atoms with Gasteiger partial charge in [0.25, 0.3) is 0 Å². The molecule has 3 nitrogen and oxygen atoms in total. The molecule has 0 aromatic heterocycles. The smallest absolute Gasteiger partial charge is 0.222 e. The molecule has 3 heteroatoms. The van der Waals surface area contributed by atoms with Gasteiger partial charge in [-0.25, -0.2) is 0 Å². The number of nitrogens with one attached hydrogen (secondary N) is 1. The number of amides is 1. The summed E-state index contributed by atoms with van der Waals surface area (Å²) in [5.41, 5.74) is 2.56. The number of rotatable bonds is 6. The van der Waals surface area contributed by atoms with Gasteiger partial charge in [-0.15, -0.1) is 0 Å². The van der Waals surface area contributed by atoms with Crippen LogP contribution in [0.3, 0.4) is 0 Å². The molecule has 1 heterocycles. The molecule has 0 aliphatic carbocycles. The second kappa shape index (κ2) is 8.18. The average molecular weight is 288 g/mol. The third kappa shape index (κ3) is 5.16. The van der Waals surface area contributed by atoms with Crippen LogP contribution in [0, 0.1) is 5.92 Å². The minimum Gasteiger partial charge on any atom is -0.341 e. The van der Waals surface area contributed by atoms with E-state index < -0.39 is 0 Å². The molecule has 1 fully saturated rings. The minimum absolute atomic E-state index is 0.264. The summed E-state index contributed by atoms with van der Waals surface area (Å²) < 4.78 is 0. The van der Waals surface area contributed by atoms with Crippen molar-refractivity contribution in [3.05, 3.63) is 35.4 Å². The molecule has 1 N–H and O–H groups in total. The molecular formula is C18H28N2O. The lowest BCUT2D eigenvalue weighted by Crippen LogP contribution is -2.31. The summed E-state index contributed by atoms with van der Waals surface area (Å²) in [6, 6.07) is 8.57. The van der Waals surface area contributed by atoms with Crippen LogP contribution >= 0.6 is 0 Å². The van der Waals surface area contributed by atoms with Crippen molar-refractivity contribution >= 4 is 5.91 Å². The molecule has 1 unspecified atom stereocenters. The van der Waals surface area contributed by atoms with Crippen LogP contribution in [0.2, 0.25) is 0 Å². The number of hydrogen-bond acceptors (Lipinski definition) is 2. The summed E-state index contributed by atoms with van der Waals surface area (Å²) in [5, 5.41) is 3.41. The SMILES string of the molecule is CCc1ccc(CN(C)C(=O)CCC2CCCNC2)cc1. The Balaban J connectivity index is 1.75. The first kappa shape index (κ1) is 16.0. The summed E-state index contributed by atoms with van der Waals surface area (Å²) in [4.78, 5) is 14.1. The lowest BCUT2D eigenvalue weighted by molar-refractivity contribution is -0.130. The maximum atomic E-state index is 12.2. The van der Waals surface area contributed by atoms with E-state index >= 15 is 0 Å². The molecular weight excluding hydrogens is 260 g/mol. The molecule has 0 bridgehead atoms. The number of carbonyl (C=O) groups is 1. The zero-order valence-electron chi connectivity index (χ0n) is 13.4. The van der Waals surface area contributed by atoms with Crippen LogP contribution < -0.4 is 5.32 Å². The Morgan fingerprint density at radius 3 is 2.62 bits per heavy atom. The van der Waals surface area contributed by atoms with E-state index in [2.05, 4.69) is 36.5 Å². The fourth-order valence-corrected chi connectivity index (χ4v) is 2.93. The first-order chi connectivity index (χ1) is 10.2. The van der Waals surface area contributed by atoms with E-state index in [0.717, 1.165) is 25.9 Å². The Morgan fingerprint density at radius 1 is 1.29 bits per heavy atom. The Morgan fingerprint density at radius 2 is 2.00 bits per heavy atom. The van der Waals surface area contributed by atoms with Crippen molar-refractivity contribution in [2.75, 3.05) is 20.1 Å². The van der Waals surface area contributed by atoms with Crippen molar-refractivity contribution in [1.29, 1.82) is 0 Å². The molecule has 1 aliphatic heterocycles. The molecule has 1 aliphatic rings. The largest absolute Gasteiger partial charge is 0.341 e. The second-order valence-electron chi connectivity index (χ2n) is 6.17. The van der Waals surface area contributed by atoms with Gasteiger partial charge in [0.15, 0.2) is 0 Å². The van der Waals surface area contributed by atoms with E-state index in [1.54, 1.807) is 0 Å². The monoisotopic (exact) mass is 288 g/mol. The Labute approximate surface area is 128 Å². The number of hydrogen-bond donors (Lipinski definition) is 1. The quantitative estimate of drug-likeness (QED) is 0.873. The highest BCUT2D eigenvalue weighted by Gasteiger charge is 2.16. The maximum absolute atomic E-state index is 12.2. The number of piperidine rings is 1. The maximum Gasteiger partial charge on any atom is 0.222 e. The molecule has 1 amide bonds. The van der Waals surface area contributed by atoms with Crippen molar-refractivity contribution in [3.8, 4) is 0 Å². The predicted molar refractivity (Wildman–Crippen MR) is 87.1 cm³/mol. The van der Waals surface area contributed by atoms with Crippen molar-refractivity contribution in [2.45, 2.75) is 45.6 Å². The number of aryl methyl sites for hydroxylation is 1. The molecule has 21 heavy (non-hydrogen) atoms. The van der Waals surface area contributed by atoms with Crippen LogP contribution in [-0.4, -0.2) is 30.9 Å². The van der Waals surface area contributed by atoms with Crippen molar-refractivity contribution < 1.29 is 4.79 Å². The summed E-state index contributed by atoms with van der Waals surface area (Å²) in [6.07, 6.45) is 5.27. The van der Waals surface area contributed by atoms with Gasteiger partial charge in [-0.1, -0.05) is 31.2 Å². The van der Waals surface area contributed by atoms with Crippen LogP contribution in [-0.2, 0) is 17.8 Å². The van der Waals surface area contributed by atoms with Crippen molar-refractivity contribution in [3.63, 3.8) is 0 Å². The molecule has 2 rings (SSSR count). The zero-order valence-corrected chi connectivity index (χ0v) is 13.4. The van der Waals surface area contributed by atoms with Crippen LogP contribution in [0.25, 0.3) is 0 Å². The Hall–Kier alpha value is -1.35. The van der Waals surface area contributed by atoms with Gasteiger partial charge in [-0.05, 0) is 55.8 Å². The lowest BCUT2D eigenvalue weighted by atomic mass is 9.94. The minimum atomic E-state index is 0.264. The van der Waals surface area contributed by atoms with E-state index in [1.807, 2.05) is 11.9 Å². The van der Waals surface area contributed by atoms with E-state index in [9.17, 15) is 4.79 Å². The van der Waals surface area contributed by atoms with Gasteiger partial charge in [-0.3, -0.25) is 4.79 Å². The summed E-state index contributed by atoms with van der Waals surface area (Å²) in [6.45, 7) is 5.09. The number of benzene rings is 1. The standard InChI is InChI=1S/C18H28N2O/c1-3-15-6-8-17(9-7-15)14-20(2)18(21)11-10-16-5-4-12-19-13-16/h6-9,16,19H,3-5,10-14H2,1-2H3. The molecule has 1 aromatic rings. The van der Waals surface area contributed by atoms with E-state index in [0.29, 0.717) is 18.9 Å². The van der Waals surface area contributed by atoms with Crippen LogP contribution in [0.4, 0.5) is 0 Å². The van der Waals surface area contributed by atoms with Gasteiger partial charge in [-0.2, -0.15) is 0 Å². The molecule has 116 valence electrons. The highest BCUT2D eigenvalue weighted by Crippen LogP contribution is 2.17. The second-order valence-corrected chi connectivity index (χ2v) is 6.17. The third-order valence-corrected chi connectivity index (χ3v) is 4.44. The normalized spacial score (nSPS) is 18.5. The van der Waals surface area contributed by atoms with Gasteiger partial charge < -0.3 is 10.2 Å². The van der Waals surface area contributed by atoms with Gasteiger partial charge in [0.2, 0.25) is 5.91 Å². The fraction of sp³-hybridized carbons (Fsp3) is 0.611. The number of nitrogens with zero attached hydrogens (tertiary/aromatic N) is 1. The fourth-order valence-electron chi connectivity index (χ4n) is 2.93. The van der Waals surface area contributed by atoms with E-state index in [1.165, 1.54) is 24.0 Å². The molecule has 1 aromatic carbocycles. The third-order valence-electron chi connectivity index (χ3n) is 4.44. The molecule has 1 atom stereocenters. The highest BCUT2D eigenvalue weighted by atomic mass is 16.2. The van der Waals surface area contributed by atoms with Crippen LogP contribution in [0.5, 0.6) is 0 Å². The Bertz CT molecular complexity index is 435.